The lowest BCUT2D eigenvalue weighted by Crippen LogP contribution is -2.40. The monoisotopic (exact) mass is 481 g/mol. The fourth-order valence-corrected chi connectivity index (χ4v) is 5.10. The Hall–Kier alpha value is -3.67. The fourth-order valence-electron chi connectivity index (χ4n) is 3.67. The van der Waals surface area contributed by atoms with Gasteiger partial charge in [-0.25, -0.2) is 22.8 Å². The Morgan fingerprint density at radius 3 is 2.59 bits per heavy atom. The molecule has 0 saturated carbocycles. The third-order valence-corrected chi connectivity index (χ3v) is 7.36. The van der Waals surface area contributed by atoms with E-state index in [2.05, 4.69) is 15.3 Å². The van der Waals surface area contributed by atoms with E-state index >= 15 is 0 Å². The highest BCUT2D eigenvalue weighted by molar-refractivity contribution is 7.89. The van der Waals surface area contributed by atoms with Gasteiger partial charge in [0, 0.05) is 42.9 Å². The van der Waals surface area contributed by atoms with Crippen molar-refractivity contribution in [3.63, 3.8) is 0 Å². The third kappa shape index (κ3) is 4.28. The zero-order valence-electron chi connectivity index (χ0n) is 17.9. The van der Waals surface area contributed by atoms with E-state index in [4.69, 9.17) is 4.74 Å². The Bertz CT molecular complexity index is 1430. The number of carbonyl (C=O) groups excluding carboxylic acids is 1. The summed E-state index contributed by atoms with van der Waals surface area (Å²) in [5.41, 5.74) is 1.60. The first-order chi connectivity index (χ1) is 16.4. The number of morpholine rings is 1. The topological polar surface area (TPSA) is 106 Å². The van der Waals surface area contributed by atoms with Crippen molar-refractivity contribution < 1.29 is 22.3 Å². The lowest BCUT2D eigenvalue weighted by atomic mass is 10.1. The smallest absolute Gasteiger partial charge is 0.258 e. The molecule has 11 heteroatoms. The zero-order valence-corrected chi connectivity index (χ0v) is 18.7. The van der Waals surface area contributed by atoms with E-state index in [0.717, 1.165) is 23.8 Å². The Labute approximate surface area is 194 Å². The molecule has 174 valence electrons. The molecule has 1 aliphatic rings. The van der Waals surface area contributed by atoms with E-state index in [-0.39, 0.29) is 36.8 Å². The number of sulfonamides is 1. The van der Waals surface area contributed by atoms with Crippen LogP contribution in [0.25, 0.3) is 17.0 Å². The number of benzene rings is 2. The normalized spacial score (nSPS) is 14.9. The Morgan fingerprint density at radius 1 is 1.09 bits per heavy atom. The van der Waals surface area contributed by atoms with Gasteiger partial charge in [0.05, 0.1) is 29.4 Å². The van der Waals surface area contributed by atoms with Gasteiger partial charge in [-0.15, -0.1) is 0 Å². The molecule has 1 amide bonds. The fraction of sp³-hybridized carbons (Fsp3) is 0.174. The molecule has 0 unspecified atom stereocenters. The van der Waals surface area contributed by atoms with Crippen LogP contribution in [0.1, 0.15) is 10.4 Å². The molecule has 5 rings (SSSR count). The number of imidazole rings is 1. The number of hydrogen-bond acceptors (Lipinski definition) is 6. The van der Waals surface area contributed by atoms with Crippen LogP contribution in [0, 0.1) is 5.82 Å². The molecule has 1 saturated heterocycles. The number of ether oxygens (including phenoxy) is 1. The molecule has 0 bridgehead atoms. The molecule has 0 aliphatic carbocycles. The molecule has 0 atom stereocenters. The summed E-state index contributed by atoms with van der Waals surface area (Å²) in [5.74, 6) is -0.995. The van der Waals surface area contributed by atoms with Crippen molar-refractivity contribution in [2.45, 2.75) is 4.90 Å². The first-order valence-corrected chi connectivity index (χ1v) is 11.9. The van der Waals surface area contributed by atoms with Gasteiger partial charge in [0.2, 0.25) is 15.8 Å². The van der Waals surface area contributed by atoms with Gasteiger partial charge in [0.15, 0.2) is 0 Å². The minimum absolute atomic E-state index is 0.142. The molecule has 1 N–H and O–H groups in total. The lowest BCUT2D eigenvalue weighted by molar-refractivity contribution is 0.0730. The summed E-state index contributed by atoms with van der Waals surface area (Å²) < 4.78 is 48.4. The van der Waals surface area contributed by atoms with Gasteiger partial charge in [0.25, 0.3) is 5.91 Å². The van der Waals surface area contributed by atoms with Gasteiger partial charge in [-0.3, -0.25) is 9.20 Å². The summed E-state index contributed by atoms with van der Waals surface area (Å²) in [6.07, 6.45) is 5.34. The van der Waals surface area contributed by atoms with Crippen LogP contribution in [0.4, 0.5) is 10.1 Å². The molecular weight excluding hydrogens is 461 g/mol. The quantitative estimate of drug-likeness (QED) is 0.470. The van der Waals surface area contributed by atoms with Gasteiger partial charge in [-0.2, -0.15) is 4.31 Å². The van der Waals surface area contributed by atoms with Crippen LogP contribution in [0.15, 0.2) is 72.0 Å². The molecule has 2 aromatic carbocycles. The number of amides is 1. The van der Waals surface area contributed by atoms with Crippen LogP contribution in [-0.2, 0) is 14.8 Å². The van der Waals surface area contributed by atoms with E-state index in [1.807, 2.05) is 12.4 Å². The van der Waals surface area contributed by atoms with Crippen LogP contribution in [0.3, 0.4) is 0 Å². The maximum atomic E-state index is 14.4. The maximum Gasteiger partial charge on any atom is 0.258 e. The van der Waals surface area contributed by atoms with Gasteiger partial charge in [0.1, 0.15) is 5.82 Å². The van der Waals surface area contributed by atoms with Crippen LogP contribution in [0.2, 0.25) is 0 Å². The highest BCUT2D eigenvalue weighted by atomic mass is 32.2. The second-order valence-corrected chi connectivity index (χ2v) is 9.58. The van der Waals surface area contributed by atoms with Gasteiger partial charge in [-0.05, 0) is 36.4 Å². The van der Waals surface area contributed by atoms with Crippen LogP contribution in [-0.4, -0.2) is 59.3 Å². The van der Waals surface area contributed by atoms with Gasteiger partial charge >= 0.3 is 0 Å². The molecule has 34 heavy (non-hydrogen) atoms. The van der Waals surface area contributed by atoms with Crippen molar-refractivity contribution in [3.05, 3.63) is 78.5 Å². The summed E-state index contributed by atoms with van der Waals surface area (Å²) in [6.45, 7) is 0.983. The minimum Gasteiger partial charge on any atom is -0.379 e. The second-order valence-electron chi connectivity index (χ2n) is 7.64. The van der Waals surface area contributed by atoms with Gasteiger partial charge < -0.3 is 10.1 Å². The number of anilines is 1. The zero-order chi connectivity index (χ0) is 23.7. The SMILES string of the molecule is O=C(Nc1ccc(-c2cn3cccnc3n2)cc1)c1cc(S(=O)(=O)N2CCOCC2)ccc1F. The molecule has 9 nitrogen and oxygen atoms in total. The highest BCUT2D eigenvalue weighted by Crippen LogP contribution is 2.23. The number of halogens is 1. The Balaban J connectivity index is 1.35. The Morgan fingerprint density at radius 2 is 1.85 bits per heavy atom. The van der Waals surface area contributed by atoms with Gasteiger partial charge in [-0.1, -0.05) is 12.1 Å². The summed E-state index contributed by atoms with van der Waals surface area (Å²) in [7, 11) is -3.86. The average molecular weight is 482 g/mol. The summed E-state index contributed by atoms with van der Waals surface area (Å²) in [4.78, 5) is 21.3. The lowest BCUT2D eigenvalue weighted by Gasteiger charge is -2.26. The predicted octanol–water partition coefficient (Wildman–Crippen LogP) is 2.81. The summed E-state index contributed by atoms with van der Waals surface area (Å²) >= 11 is 0. The van der Waals surface area contributed by atoms with Crippen LogP contribution >= 0.6 is 0 Å². The number of nitrogens with one attached hydrogen (secondary N) is 1. The summed E-state index contributed by atoms with van der Waals surface area (Å²) in [6, 6.07) is 11.9. The number of hydrogen-bond donors (Lipinski definition) is 1. The van der Waals surface area contributed by atoms with Crippen molar-refractivity contribution in [2.24, 2.45) is 0 Å². The molecule has 3 heterocycles. The van der Waals surface area contributed by atoms with E-state index in [1.165, 1.54) is 4.31 Å². The van der Waals surface area contributed by atoms with Crippen molar-refractivity contribution in [1.82, 2.24) is 18.7 Å². The molecule has 1 aliphatic heterocycles. The average Bonchev–Trinajstić information content (AvgIpc) is 3.29. The molecule has 4 aromatic rings. The molecule has 0 radical (unpaired) electrons. The second kappa shape index (κ2) is 8.93. The van der Waals surface area contributed by atoms with E-state index in [1.54, 1.807) is 40.9 Å². The number of rotatable bonds is 5. The highest BCUT2D eigenvalue weighted by Gasteiger charge is 2.28. The molecule has 0 spiro atoms. The molecule has 1 fully saturated rings. The first kappa shape index (κ1) is 22.1. The number of carbonyl (C=O) groups is 1. The predicted molar refractivity (Wildman–Crippen MR) is 122 cm³/mol. The molecule has 2 aromatic heterocycles. The van der Waals surface area contributed by atoms with E-state index in [9.17, 15) is 17.6 Å². The van der Waals surface area contributed by atoms with Crippen LogP contribution < -0.4 is 5.32 Å². The number of nitrogens with zero attached hydrogens (tertiary/aromatic N) is 4. The van der Waals surface area contributed by atoms with Crippen molar-refractivity contribution in [2.75, 3.05) is 31.6 Å². The maximum absolute atomic E-state index is 14.4. The van der Waals surface area contributed by atoms with E-state index < -0.39 is 21.7 Å². The van der Waals surface area contributed by atoms with Crippen molar-refractivity contribution in [1.29, 1.82) is 0 Å². The van der Waals surface area contributed by atoms with Crippen molar-refractivity contribution in [3.8, 4) is 11.3 Å². The van der Waals surface area contributed by atoms with Crippen LogP contribution in [0.5, 0.6) is 0 Å². The molecular formula is C23H20FN5O4S. The standard InChI is InChI=1S/C23H20FN5O4S/c24-20-7-6-18(34(31,32)29-10-12-33-13-11-29)14-19(20)22(30)26-17-4-2-16(3-5-17)21-15-28-9-1-8-25-23(28)27-21/h1-9,14-15H,10-13H2,(H,26,30). The van der Waals surface area contributed by atoms with E-state index in [0.29, 0.717) is 17.2 Å². The number of fused-ring (bicyclic) bond motifs is 1. The third-order valence-electron chi connectivity index (χ3n) is 5.46. The number of aromatic nitrogens is 3. The largest absolute Gasteiger partial charge is 0.379 e. The Kier molecular flexibility index (Phi) is 5.82. The summed E-state index contributed by atoms with van der Waals surface area (Å²) in [5, 5.41) is 2.62. The first-order valence-electron chi connectivity index (χ1n) is 10.5. The van der Waals surface area contributed by atoms with Crippen molar-refractivity contribution >= 4 is 27.4 Å². The minimum atomic E-state index is -3.86.